The molecule has 0 spiro atoms. The van der Waals surface area contributed by atoms with Crippen LogP contribution in [0.4, 0.5) is 0 Å². The Morgan fingerprint density at radius 3 is 2.57 bits per heavy atom. The Balaban J connectivity index is 2.44. The van der Waals surface area contributed by atoms with Crippen molar-refractivity contribution in [1.29, 1.82) is 0 Å². The lowest BCUT2D eigenvalue weighted by molar-refractivity contribution is 0.882. The highest BCUT2D eigenvalue weighted by molar-refractivity contribution is 6.35. The largest absolute Gasteiger partial charge is 0.292 e. The molecule has 0 saturated carbocycles. The highest BCUT2D eigenvalue weighted by Gasteiger charge is 2.19. The fourth-order valence-electron chi connectivity index (χ4n) is 2.41. The summed E-state index contributed by atoms with van der Waals surface area (Å²) < 4.78 is 1.95. The summed E-state index contributed by atoms with van der Waals surface area (Å²) >= 11 is 19.1. The number of hydrogen-bond acceptors (Lipinski definition) is 1. The average molecular weight is 340 g/mol. The second-order valence-electron chi connectivity index (χ2n) is 4.98. The van der Waals surface area contributed by atoms with Crippen molar-refractivity contribution in [2.75, 3.05) is 0 Å². The monoisotopic (exact) mass is 338 g/mol. The molecule has 0 fully saturated rings. The maximum Gasteiger partial charge on any atom is 0.132 e. The summed E-state index contributed by atoms with van der Waals surface area (Å²) in [5.74, 6) is 0.729. The first-order valence-electron chi connectivity index (χ1n) is 6.56. The molecule has 0 aliphatic rings. The molecule has 108 valence electrons. The summed E-state index contributed by atoms with van der Waals surface area (Å²) in [6.07, 6.45) is 0. The van der Waals surface area contributed by atoms with E-state index in [0.717, 1.165) is 28.1 Å². The number of para-hydroxylation sites is 1. The number of rotatable bonds is 2. The molecule has 2 aromatic carbocycles. The van der Waals surface area contributed by atoms with Gasteiger partial charge >= 0.3 is 0 Å². The van der Waals surface area contributed by atoms with Crippen molar-refractivity contribution < 1.29 is 0 Å². The highest BCUT2D eigenvalue weighted by Crippen LogP contribution is 2.34. The van der Waals surface area contributed by atoms with Crippen LogP contribution < -0.4 is 0 Å². The second-order valence-corrected chi connectivity index (χ2v) is 6.45. The van der Waals surface area contributed by atoms with Gasteiger partial charge in [0.2, 0.25) is 0 Å². The van der Waals surface area contributed by atoms with Gasteiger partial charge < -0.3 is 0 Å². The van der Waals surface area contributed by atoms with E-state index in [1.165, 1.54) is 0 Å². The fraction of sp³-hybridized carbons (Fsp3) is 0.188. The van der Waals surface area contributed by atoms with E-state index in [1.807, 2.05) is 54.8 Å². The van der Waals surface area contributed by atoms with Crippen LogP contribution >= 0.6 is 34.8 Å². The number of aryl methyl sites for hydroxylation is 1. The van der Waals surface area contributed by atoms with Gasteiger partial charge in [0.05, 0.1) is 32.1 Å². The van der Waals surface area contributed by atoms with E-state index in [1.54, 1.807) is 0 Å². The van der Waals surface area contributed by atoms with Gasteiger partial charge in [0.15, 0.2) is 0 Å². The Kier molecular flexibility index (Phi) is 3.87. The van der Waals surface area contributed by atoms with Crippen molar-refractivity contribution in [3.63, 3.8) is 0 Å². The number of halogens is 3. The van der Waals surface area contributed by atoms with Crippen LogP contribution in [0.2, 0.25) is 10.0 Å². The van der Waals surface area contributed by atoms with Crippen LogP contribution in [0.3, 0.4) is 0 Å². The molecule has 0 aliphatic heterocycles. The van der Waals surface area contributed by atoms with Gasteiger partial charge in [0.25, 0.3) is 0 Å². The highest BCUT2D eigenvalue weighted by atomic mass is 35.5. The van der Waals surface area contributed by atoms with E-state index < -0.39 is 0 Å². The first kappa shape index (κ1) is 14.7. The van der Waals surface area contributed by atoms with Crippen molar-refractivity contribution in [2.45, 2.75) is 19.2 Å². The van der Waals surface area contributed by atoms with Gasteiger partial charge in [0.1, 0.15) is 5.82 Å². The zero-order valence-corrected chi connectivity index (χ0v) is 13.8. The zero-order valence-electron chi connectivity index (χ0n) is 11.6. The summed E-state index contributed by atoms with van der Waals surface area (Å²) in [4.78, 5) is 4.61. The topological polar surface area (TPSA) is 17.8 Å². The van der Waals surface area contributed by atoms with Crippen molar-refractivity contribution in [3.05, 3.63) is 57.8 Å². The van der Waals surface area contributed by atoms with E-state index >= 15 is 0 Å². The molecule has 0 aliphatic carbocycles. The number of fused-ring (bicyclic) bond motifs is 1. The van der Waals surface area contributed by atoms with Crippen LogP contribution in [0.25, 0.3) is 16.7 Å². The summed E-state index contributed by atoms with van der Waals surface area (Å²) in [7, 11) is 0. The molecule has 2 nitrogen and oxygen atoms in total. The van der Waals surface area contributed by atoms with Gasteiger partial charge in [-0.25, -0.2) is 4.98 Å². The van der Waals surface area contributed by atoms with Crippen molar-refractivity contribution in [3.8, 4) is 5.69 Å². The Morgan fingerprint density at radius 2 is 1.86 bits per heavy atom. The van der Waals surface area contributed by atoms with Crippen LogP contribution in [-0.4, -0.2) is 9.55 Å². The van der Waals surface area contributed by atoms with Crippen LogP contribution in [0.15, 0.2) is 36.4 Å². The zero-order chi connectivity index (χ0) is 15.1. The predicted molar refractivity (Wildman–Crippen MR) is 90.1 cm³/mol. The van der Waals surface area contributed by atoms with Crippen LogP contribution in [0.5, 0.6) is 0 Å². The van der Waals surface area contributed by atoms with E-state index in [4.69, 9.17) is 34.8 Å². The molecule has 1 unspecified atom stereocenters. The number of benzene rings is 2. The number of aromatic nitrogens is 2. The summed E-state index contributed by atoms with van der Waals surface area (Å²) in [6.45, 7) is 3.90. The molecule has 1 aromatic heterocycles. The van der Waals surface area contributed by atoms with E-state index in [-0.39, 0.29) is 5.38 Å². The first-order chi connectivity index (χ1) is 9.99. The minimum Gasteiger partial charge on any atom is -0.292 e. The molecule has 3 rings (SSSR count). The molecule has 3 aromatic rings. The molecule has 5 heteroatoms. The fourth-order valence-corrected chi connectivity index (χ4v) is 3.01. The molecule has 21 heavy (non-hydrogen) atoms. The lowest BCUT2D eigenvalue weighted by Gasteiger charge is -2.13. The van der Waals surface area contributed by atoms with Gasteiger partial charge in [-0.1, -0.05) is 35.3 Å². The van der Waals surface area contributed by atoms with E-state index in [9.17, 15) is 0 Å². The lowest BCUT2D eigenvalue weighted by Crippen LogP contribution is -2.03. The Bertz CT molecular complexity index is 822. The minimum absolute atomic E-state index is 0.259. The smallest absolute Gasteiger partial charge is 0.132 e. The Morgan fingerprint density at radius 1 is 1.10 bits per heavy atom. The molecule has 1 heterocycles. The molecule has 0 N–H and O–H groups in total. The average Bonchev–Trinajstić information content (AvgIpc) is 2.82. The minimum atomic E-state index is -0.259. The van der Waals surface area contributed by atoms with Gasteiger partial charge in [0, 0.05) is 0 Å². The number of nitrogens with zero attached hydrogens (tertiary/aromatic N) is 2. The van der Waals surface area contributed by atoms with E-state index in [2.05, 4.69) is 4.98 Å². The lowest BCUT2D eigenvalue weighted by atomic mass is 10.2. The van der Waals surface area contributed by atoms with E-state index in [0.29, 0.717) is 10.0 Å². The maximum atomic E-state index is 6.38. The summed E-state index contributed by atoms with van der Waals surface area (Å²) in [6, 6.07) is 11.5. The molecule has 0 amide bonds. The Hall–Kier alpha value is -1.22. The predicted octanol–water partition coefficient (Wildman–Crippen LogP) is 5.94. The number of hydrogen-bond donors (Lipinski definition) is 0. The van der Waals surface area contributed by atoms with Gasteiger partial charge in [-0.2, -0.15) is 0 Å². The van der Waals surface area contributed by atoms with Crippen LogP contribution in [0.1, 0.15) is 23.7 Å². The third-order valence-electron chi connectivity index (χ3n) is 3.35. The van der Waals surface area contributed by atoms with Crippen molar-refractivity contribution in [1.82, 2.24) is 9.55 Å². The number of imidazole rings is 1. The molecule has 1 atom stereocenters. The quantitative estimate of drug-likeness (QED) is 0.528. The normalized spacial score (nSPS) is 12.8. The van der Waals surface area contributed by atoms with Crippen LogP contribution in [0, 0.1) is 6.92 Å². The third kappa shape index (κ3) is 2.52. The Labute approximate surface area is 138 Å². The molecule has 0 bridgehead atoms. The molecular formula is C16H13Cl3N2. The van der Waals surface area contributed by atoms with Crippen LogP contribution in [-0.2, 0) is 0 Å². The molecule has 0 radical (unpaired) electrons. The van der Waals surface area contributed by atoms with Gasteiger partial charge in [-0.3, -0.25) is 4.57 Å². The van der Waals surface area contributed by atoms with Gasteiger partial charge in [-0.05, 0) is 43.7 Å². The second kappa shape index (κ2) is 5.53. The molecular weight excluding hydrogens is 327 g/mol. The van der Waals surface area contributed by atoms with Crippen molar-refractivity contribution in [2.24, 2.45) is 0 Å². The van der Waals surface area contributed by atoms with Crippen molar-refractivity contribution >= 4 is 45.8 Å². The first-order valence-corrected chi connectivity index (χ1v) is 7.75. The SMILES string of the molecule is Cc1ccc(Cl)c(-n2c(C(C)Cl)nc3cccc(Cl)c32)c1. The maximum absolute atomic E-state index is 6.38. The molecule has 0 saturated heterocycles. The van der Waals surface area contributed by atoms with Gasteiger partial charge in [-0.15, -0.1) is 11.6 Å². The summed E-state index contributed by atoms with van der Waals surface area (Å²) in [5, 5.41) is 1.00. The third-order valence-corrected chi connectivity index (χ3v) is 4.17. The standard InChI is InChI=1S/C16H13Cl3N2/c1-9-6-7-11(18)14(8-9)21-15-12(19)4-3-5-13(15)20-16(21)10(2)17/h3-8,10H,1-2H3. The summed E-state index contributed by atoms with van der Waals surface area (Å²) in [5.41, 5.74) is 3.59. The number of alkyl halides is 1.